The molecular weight excluding hydrogens is 476 g/mol. The van der Waals surface area contributed by atoms with Crippen LogP contribution >= 0.6 is 11.6 Å². The van der Waals surface area contributed by atoms with E-state index < -0.39 is 22.5 Å². The van der Waals surface area contributed by atoms with Gasteiger partial charge in [-0.2, -0.15) is 0 Å². The van der Waals surface area contributed by atoms with E-state index >= 15 is 0 Å². The van der Waals surface area contributed by atoms with Crippen molar-refractivity contribution in [2.24, 2.45) is 0 Å². The molecule has 180 valence electrons. The lowest BCUT2D eigenvalue weighted by molar-refractivity contribution is -0.114. The number of aryl methyl sites for hydroxylation is 2. The van der Waals surface area contributed by atoms with Crippen LogP contribution in [0.3, 0.4) is 0 Å². The normalized spacial score (nSPS) is 11.1. The summed E-state index contributed by atoms with van der Waals surface area (Å²) in [6.45, 7) is 3.35. The lowest BCUT2D eigenvalue weighted by Gasteiger charge is -2.25. The number of benzene rings is 3. The number of anilines is 2. The van der Waals surface area contributed by atoms with E-state index in [2.05, 4.69) is 5.32 Å². The Labute approximate surface area is 205 Å². The Morgan fingerprint density at radius 2 is 1.62 bits per heavy atom. The zero-order chi connectivity index (χ0) is 24.9. The van der Waals surface area contributed by atoms with Gasteiger partial charge < -0.3 is 14.8 Å². The van der Waals surface area contributed by atoms with Crippen LogP contribution in [0.25, 0.3) is 0 Å². The first-order valence-corrected chi connectivity index (χ1v) is 12.4. The number of rotatable bonds is 9. The van der Waals surface area contributed by atoms with E-state index in [1.54, 1.807) is 43.3 Å². The van der Waals surface area contributed by atoms with Crippen LogP contribution in [-0.4, -0.2) is 35.1 Å². The van der Waals surface area contributed by atoms with Crippen molar-refractivity contribution in [2.75, 3.05) is 30.4 Å². The van der Waals surface area contributed by atoms with Gasteiger partial charge in [-0.05, 0) is 66.9 Å². The Morgan fingerprint density at radius 1 is 0.971 bits per heavy atom. The molecule has 0 saturated heterocycles. The number of nitrogens with zero attached hydrogens (tertiary/aromatic N) is 1. The zero-order valence-electron chi connectivity index (χ0n) is 19.5. The summed E-state index contributed by atoms with van der Waals surface area (Å²) in [6.07, 6.45) is 0.803. The highest BCUT2D eigenvalue weighted by Gasteiger charge is 2.30. The van der Waals surface area contributed by atoms with Gasteiger partial charge in [-0.15, -0.1) is 0 Å². The molecule has 3 aromatic carbocycles. The molecule has 0 aliphatic rings. The summed E-state index contributed by atoms with van der Waals surface area (Å²) in [4.78, 5) is 12.9. The van der Waals surface area contributed by atoms with E-state index in [1.165, 1.54) is 26.4 Å². The molecule has 34 heavy (non-hydrogen) atoms. The first kappa shape index (κ1) is 25.4. The molecule has 3 rings (SSSR count). The number of sulfonamides is 1. The number of carbonyl (C=O) groups is 1. The number of nitrogens with one attached hydrogen (secondary N) is 1. The standard InChI is InChI=1S/C25H27ClN2O5S/c1-5-18-7-10-20(11-8-18)28(34(30,31)24-14-17(2)6-12-23(24)33-4)16-25(29)27-19-9-13-22(32-3)21(26)15-19/h6-15H,5,16H2,1-4H3,(H,27,29). The number of hydrogen-bond acceptors (Lipinski definition) is 5. The van der Waals surface area contributed by atoms with E-state index in [-0.39, 0.29) is 10.6 Å². The van der Waals surface area contributed by atoms with Crippen molar-refractivity contribution in [1.82, 2.24) is 0 Å². The van der Waals surface area contributed by atoms with Gasteiger partial charge in [0.1, 0.15) is 22.9 Å². The third-order valence-electron chi connectivity index (χ3n) is 5.24. The summed E-state index contributed by atoms with van der Waals surface area (Å²) in [5.41, 5.74) is 2.58. The average molecular weight is 503 g/mol. The first-order valence-electron chi connectivity index (χ1n) is 10.6. The molecular formula is C25H27ClN2O5S. The van der Waals surface area contributed by atoms with Gasteiger partial charge in [0.2, 0.25) is 5.91 Å². The highest BCUT2D eigenvalue weighted by atomic mass is 35.5. The zero-order valence-corrected chi connectivity index (χ0v) is 21.0. The fourth-order valence-electron chi connectivity index (χ4n) is 3.39. The summed E-state index contributed by atoms with van der Waals surface area (Å²) in [7, 11) is -1.25. The largest absolute Gasteiger partial charge is 0.495 e. The lowest BCUT2D eigenvalue weighted by atomic mass is 10.1. The van der Waals surface area contributed by atoms with Crippen LogP contribution < -0.4 is 19.1 Å². The van der Waals surface area contributed by atoms with Crippen molar-refractivity contribution in [3.05, 3.63) is 76.8 Å². The van der Waals surface area contributed by atoms with Gasteiger partial charge in [0.05, 0.1) is 24.9 Å². The van der Waals surface area contributed by atoms with E-state index in [1.807, 2.05) is 19.1 Å². The Morgan fingerprint density at radius 3 is 2.21 bits per heavy atom. The molecule has 1 amide bonds. The highest BCUT2D eigenvalue weighted by Crippen LogP contribution is 2.31. The van der Waals surface area contributed by atoms with Gasteiger partial charge >= 0.3 is 0 Å². The smallest absolute Gasteiger partial charge is 0.268 e. The van der Waals surface area contributed by atoms with E-state index in [0.717, 1.165) is 21.9 Å². The maximum Gasteiger partial charge on any atom is 0.268 e. The average Bonchev–Trinajstić information content (AvgIpc) is 2.82. The van der Waals surface area contributed by atoms with Gasteiger partial charge in [0.15, 0.2) is 0 Å². The van der Waals surface area contributed by atoms with Gasteiger partial charge in [-0.3, -0.25) is 9.10 Å². The molecule has 9 heteroatoms. The van der Waals surface area contributed by atoms with Gasteiger partial charge in [-0.25, -0.2) is 8.42 Å². The molecule has 0 atom stereocenters. The van der Waals surface area contributed by atoms with Crippen molar-refractivity contribution in [2.45, 2.75) is 25.2 Å². The van der Waals surface area contributed by atoms with Gasteiger partial charge in [0, 0.05) is 5.69 Å². The fraction of sp³-hybridized carbons (Fsp3) is 0.240. The predicted molar refractivity (Wildman–Crippen MR) is 135 cm³/mol. The third kappa shape index (κ3) is 5.63. The second kappa shape index (κ2) is 10.8. The first-order chi connectivity index (χ1) is 16.2. The molecule has 0 unspecified atom stereocenters. The molecule has 0 aliphatic heterocycles. The summed E-state index contributed by atoms with van der Waals surface area (Å²) >= 11 is 6.15. The predicted octanol–water partition coefficient (Wildman–Crippen LogP) is 5.06. The van der Waals surface area contributed by atoms with Crippen molar-refractivity contribution in [1.29, 1.82) is 0 Å². The van der Waals surface area contributed by atoms with Crippen molar-refractivity contribution < 1.29 is 22.7 Å². The third-order valence-corrected chi connectivity index (χ3v) is 7.33. The van der Waals surface area contributed by atoms with Crippen LogP contribution in [0.15, 0.2) is 65.6 Å². The van der Waals surface area contributed by atoms with Crippen molar-refractivity contribution in [3.63, 3.8) is 0 Å². The maximum atomic E-state index is 13.8. The summed E-state index contributed by atoms with van der Waals surface area (Å²) in [6, 6.07) is 16.7. The van der Waals surface area contributed by atoms with Gasteiger partial charge in [-0.1, -0.05) is 36.7 Å². The summed E-state index contributed by atoms with van der Waals surface area (Å²) in [5, 5.41) is 3.03. The monoisotopic (exact) mass is 502 g/mol. The minimum Gasteiger partial charge on any atom is -0.495 e. The molecule has 0 saturated carbocycles. The lowest BCUT2D eigenvalue weighted by Crippen LogP contribution is -2.38. The van der Waals surface area contributed by atoms with E-state index in [0.29, 0.717) is 22.1 Å². The Hall–Kier alpha value is -3.23. The number of halogens is 1. The SMILES string of the molecule is CCc1ccc(N(CC(=O)Nc2ccc(OC)c(Cl)c2)S(=O)(=O)c2cc(C)ccc2OC)cc1. The molecule has 0 radical (unpaired) electrons. The van der Waals surface area contributed by atoms with Crippen molar-refractivity contribution >= 4 is 38.9 Å². The maximum absolute atomic E-state index is 13.8. The molecule has 0 bridgehead atoms. The van der Waals surface area contributed by atoms with Crippen LogP contribution in [0, 0.1) is 6.92 Å². The molecule has 0 aliphatic carbocycles. The Kier molecular flexibility index (Phi) is 8.06. The van der Waals surface area contributed by atoms with Crippen LogP contribution in [0.5, 0.6) is 11.5 Å². The van der Waals surface area contributed by atoms with Crippen LogP contribution in [0.4, 0.5) is 11.4 Å². The van der Waals surface area contributed by atoms with Crippen LogP contribution in [0.1, 0.15) is 18.1 Å². The molecule has 0 fully saturated rings. The molecule has 3 aromatic rings. The second-order valence-electron chi connectivity index (χ2n) is 7.58. The number of ether oxygens (including phenoxy) is 2. The molecule has 0 heterocycles. The highest BCUT2D eigenvalue weighted by molar-refractivity contribution is 7.93. The summed E-state index contributed by atoms with van der Waals surface area (Å²) in [5.74, 6) is 0.130. The molecule has 1 N–H and O–H groups in total. The number of methoxy groups -OCH3 is 2. The topological polar surface area (TPSA) is 84.9 Å². The summed E-state index contributed by atoms with van der Waals surface area (Å²) < 4.78 is 39.1. The molecule has 0 spiro atoms. The quantitative estimate of drug-likeness (QED) is 0.442. The molecule has 0 aromatic heterocycles. The minimum absolute atomic E-state index is 0.0186. The second-order valence-corrected chi connectivity index (χ2v) is 9.82. The number of hydrogen-bond donors (Lipinski definition) is 1. The number of carbonyl (C=O) groups excluding carboxylic acids is 1. The Bertz CT molecular complexity index is 1280. The van der Waals surface area contributed by atoms with Crippen LogP contribution in [0.2, 0.25) is 5.02 Å². The van der Waals surface area contributed by atoms with Gasteiger partial charge in [0.25, 0.3) is 10.0 Å². The Balaban J connectivity index is 1.99. The fourth-order valence-corrected chi connectivity index (χ4v) is 5.31. The van der Waals surface area contributed by atoms with E-state index in [9.17, 15) is 13.2 Å². The molecule has 7 nitrogen and oxygen atoms in total. The van der Waals surface area contributed by atoms with E-state index in [4.69, 9.17) is 21.1 Å². The number of amides is 1. The van der Waals surface area contributed by atoms with Crippen molar-refractivity contribution in [3.8, 4) is 11.5 Å². The minimum atomic E-state index is -4.14. The van der Waals surface area contributed by atoms with Crippen LogP contribution in [-0.2, 0) is 21.2 Å².